The lowest BCUT2D eigenvalue weighted by molar-refractivity contribution is -0.119. The molecule has 1 heterocycles. The van der Waals surface area contributed by atoms with Gasteiger partial charge in [0.05, 0.1) is 0 Å². The summed E-state index contributed by atoms with van der Waals surface area (Å²) in [5.41, 5.74) is 0. The van der Waals surface area contributed by atoms with Gasteiger partial charge in [0.15, 0.2) is 0 Å². The van der Waals surface area contributed by atoms with Gasteiger partial charge in [0.1, 0.15) is 0 Å². The quantitative estimate of drug-likeness (QED) is 0.497. The number of nitrogens with one attached hydrogen (secondary N) is 2. The van der Waals surface area contributed by atoms with Crippen LogP contribution in [0.3, 0.4) is 0 Å². The molecule has 4 heteroatoms. The number of amides is 2. The van der Waals surface area contributed by atoms with E-state index in [1.165, 1.54) is 0 Å². The number of carbonyl (C=O) groups is 2. The van der Waals surface area contributed by atoms with Crippen LogP contribution in [0.5, 0.6) is 0 Å². The zero-order valence-electron chi connectivity index (χ0n) is 5.59. The SMILES string of the molecule is O=CNCC1CCC(=O)N1. The van der Waals surface area contributed by atoms with Gasteiger partial charge in [0.25, 0.3) is 0 Å². The highest BCUT2D eigenvalue weighted by atomic mass is 16.2. The molecule has 0 aromatic rings. The van der Waals surface area contributed by atoms with E-state index in [4.69, 9.17) is 0 Å². The fourth-order valence-electron chi connectivity index (χ4n) is 1.02. The van der Waals surface area contributed by atoms with Crippen LogP contribution in [-0.4, -0.2) is 24.9 Å². The Hall–Kier alpha value is -1.06. The first-order valence-corrected chi connectivity index (χ1v) is 3.29. The van der Waals surface area contributed by atoms with E-state index in [1.807, 2.05) is 0 Å². The van der Waals surface area contributed by atoms with Gasteiger partial charge in [0, 0.05) is 19.0 Å². The van der Waals surface area contributed by atoms with E-state index in [2.05, 4.69) is 10.6 Å². The molecule has 1 aliphatic heterocycles. The summed E-state index contributed by atoms with van der Waals surface area (Å²) in [5.74, 6) is 0.0812. The Bertz CT molecular complexity index is 147. The second-order valence-corrected chi connectivity index (χ2v) is 2.33. The molecule has 1 unspecified atom stereocenters. The number of carbonyl (C=O) groups excluding carboxylic acids is 2. The molecule has 1 aliphatic rings. The molecule has 2 amide bonds. The van der Waals surface area contributed by atoms with Crippen molar-refractivity contribution in [3.63, 3.8) is 0 Å². The highest BCUT2D eigenvalue weighted by molar-refractivity contribution is 5.78. The molecule has 1 rings (SSSR count). The van der Waals surface area contributed by atoms with Crippen LogP contribution in [0, 0.1) is 0 Å². The smallest absolute Gasteiger partial charge is 0.220 e. The van der Waals surface area contributed by atoms with Crippen LogP contribution in [0.15, 0.2) is 0 Å². The standard InChI is InChI=1S/C6H10N2O2/c9-4-7-3-5-1-2-6(10)8-5/h4-5H,1-3H2,(H,7,9)(H,8,10). The van der Waals surface area contributed by atoms with Crippen molar-refractivity contribution >= 4 is 12.3 Å². The maximum Gasteiger partial charge on any atom is 0.220 e. The molecule has 0 bridgehead atoms. The number of hydrogen-bond donors (Lipinski definition) is 2. The Balaban J connectivity index is 2.18. The number of hydrogen-bond acceptors (Lipinski definition) is 2. The third-order valence-electron chi connectivity index (χ3n) is 1.53. The fourth-order valence-corrected chi connectivity index (χ4v) is 1.02. The average Bonchev–Trinajstić information content (AvgIpc) is 2.31. The average molecular weight is 142 g/mol. The molecule has 0 saturated carbocycles. The summed E-state index contributed by atoms with van der Waals surface area (Å²) < 4.78 is 0. The summed E-state index contributed by atoms with van der Waals surface area (Å²) >= 11 is 0. The summed E-state index contributed by atoms with van der Waals surface area (Å²) in [7, 11) is 0. The van der Waals surface area contributed by atoms with Gasteiger partial charge >= 0.3 is 0 Å². The van der Waals surface area contributed by atoms with Gasteiger partial charge in [-0.3, -0.25) is 9.59 Å². The van der Waals surface area contributed by atoms with Gasteiger partial charge in [-0.05, 0) is 6.42 Å². The summed E-state index contributed by atoms with van der Waals surface area (Å²) in [4.78, 5) is 20.4. The van der Waals surface area contributed by atoms with Crippen LogP contribution in [0.2, 0.25) is 0 Å². The third-order valence-corrected chi connectivity index (χ3v) is 1.53. The van der Waals surface area contributed by atoms with Crippen molar-refractivity contribution in [2.75, 3.05) is 6.54 Å². The summed E-state index contributed by atoms with van der Waals surface area (Å²) in [6.45, 7) is 0.551. The Labute approximate surface area is 59.0 Å². The number of rotatable bonds is 3. The Kier molecular flexibility index (Phi) is 2.25. The summed E-state index contributed by atoms with van der Waals surface area (Å²) in [6.07, 6.45) is 2.06. The van der Waals surface area contributed by atoms with E-state index in [9.17, 15) is 9.59 Å². The van der Waals surface area contributed by atoms with E-state index >= 15 is 0 Å². The molecule has 56 valence electrons. The molecular weight excluding hydrogens is 132 g/mol. The Morgan fingerprint density at radius 2 is 2.60 bits per heavy atom. The minimum atomic E-state index is 0.0812. The molecule has 10 heavy (non-hydrogen) atoms. The molecule has 4 nitrogen and oxygen atoms in total. The van der Waals surface area contributed by atoms with Crippen LogP contribution in [0.4, 0.5) is 0 Å². The van der Waals surface area contributed by atoms with E-state index < -0.39 is 0 Å². The second kappa shape index (κ2) is 3.20. The lowest BCUT2D eigenvalue weighted by Gasteiger charge is -2.06. The van der Waals surface area contributed by atoms with Crippen molar-refractivity contribution in [1.82, 2.24) is 10.6 Å². The van der Waals surface area contributed by atoms with Crippen molar-refractivity contribution in [3.05, 3.63) is 0 Å². The van der Waals surface area contributed by atoms with Crippen molar-refractivity contribution in [2.45, 2.75) is 18.9 Å². The topological polar surface area (TPSA) is 58.2 Å². The maximum absolute atomic E-state index is 10.6. The van der Waals surface area contributed by atoms with Gasteiger partial charge in [-0.25, -0.2) is 0 Å². The monoisotopic (exact) mass is 142 g/mol. The van der Waals surface area contributed by atoms with Gasteiger partial charge in [-0.15, -0.1) is 0 Å². The molecule has 1 saturated heterocycles. The lowest BCUT2D eigenvalue weighted by atomic mass is 10.2. The van der Waals surface area contributed by atoms with Crippen LogP contribution < -0.4 is 10.6 Å². The molecular formula is C6H10N2O2. The second-order valence-electron chi connectivity index (χ2n) is 2.33. The van der Waals surface area contributed by atoms with Crippen molar-refractivity contribution in [3.8, 4) is 0 Å². The van der Waals surface area contributed by atoms with E-state index in [1.54, 1.807) is 0 Å². The molecule has 0 spiro atoms. The van der Waals surface area contributed by atoms with E-state index in [0.29, 0.717) is 19.4 Å². The third kappa shape index (κ3) is 1.72. The zero-order chi connectivity index (χ0) is 7.40. The zero-order valence-corrected chi connectivity index (χ0v) is 5.59. The van der Waals surface area contributed by atoms with Crippen molar-refractivity contribution < 1.29 is 9.59 Å². The molecule has 1 atom stereocenters. The highest BCUT2D eigenvalue weighted by Gasteiger charge is 2.19. The molecule has 1 fully saturated rings. The maximum atomic E-state index is 10.6. The molecule has 2 N–H and O–H groups in total. The van der Waals surface area contributed by atoms with Gasteiger partial charge in [-0.1, -0.05) is 0 Å². The first-order chi connectivity index (χ1) is 4.83. The van der Waals surface area contributed by atoms with Crippen molar-refractivity contribution in [2.24, 2.45) is 0 Å². The fraction of sp³-hybridized carbons (Fsp3) is 0.667. The lowest BCUT2D eigenvalue weighted by Crippen LogP contribution is -2.34. The Morgan fingerprint density at radius 3 is 3.10 bits per heavy atom. The predicted molar refractivity (Wildman–Crippen MR) is 35.2 cm³/mol. The van der Waals surface area contributed by atoms with Gasteiger partial charge in [-0.2, -0.15) is 0 Å². The van der Waals surface area contributed by atoms with E-state index in [-0.39, 0.29) is 11.9 Å². The summed E-state index contributed by atoms with van der Waals surface area (Å²) in [5, 5.41) is 5.24. The first-order valence-electron chi connectivity index (χ1n) is 3.29. The van der Waals surface area contributed by atoms with Gasteiger partial charge < -0.3 is 10.6 Å². The largest absolute Gasteiger partial charge is 0.357 e. The van der Waals surface area contributed by atoms with Crippen LogP contribution in [-0.2, 0) is 9.59 Å². The van der Waals surface area contributed by atoms with Crippen molar-refractivity contribution in [1.29, 1.82) is 0 Å². The summed E-state index contributed by atoms with van der Waals surface area (Å²) in [6, 6.07) is 0.151. The molecule has 0 aliphatic carbocycles. The molecule has 0 aromatic carbocycles. The van der Waals surface area contributed by atoms with Gasteiger partial charge in [0.2, 0.25) is 12.3 Å². The molecule has 0 aromatic heterocycles. The predicted octanol–water partition coefficient (Wildman–Crippen LogP) is -0.989. The molecule has 0 radical (unpaired) electrons. The minimum absolute atomic E-state index is 0.0812. The highest BCUT2D eigenvalue weighted by Crippen LogP contribution is 2.04. The normalized spacial score (nSPS) is 24.0. The first kappa shape index (κ1) is 7.05. The van der Waals surface area contributed by atoms with E-state index in [0.717, 1.165) is 6.42 Å². The van der Waals surface area contributed by atoms with Crippen LogP contribution in [0.1, 0.15) is 12.8 Å². The van der Waals surface area contributed by atoms with Crippen LogP contribution in [0.25, 0.3) is 0 Å². The van der Waals surface area contributed by atoms with Crippen LogP contribution >= 0.6 is 0 Å². The Morgan fingerprint density at radius 1 is 1.80 bits per heavy atom. The minimum Gasteiger partial charge on any atom is -0.357 e.